The van der Waals surface area contributed by atoms with Crippen LogP contribution < -0.4 is 4.74 Å². The van der Waals surface area contributed by atoms with Crippen molar-refractivity contribution in [1.82, 2.24) is 0 Å². The average Bonchev–Trinajstić information content (AvgIpc) is 2.43. The third-order valence-electron chi connectivity index (χ3n) is 4.64. The molecule has 1 spiro atoms. The fraction of sp³-hybridized carbons (Fsp3) is 0.600. The molecule has 0 aliphatic heterocycles. The number of ether oxygens (including phenoxy) is 1. The summed E-state index contributed by atoms with van der Waals surface area (Å²) in [4.78, 5) is 0.605. The third kappa shape index (κ3) is 2.52. The first-order chi connectivity index (χ1) is 9.12. The molecule has 2 saturated carbocycles. The Morgan fingerprint density at radius 2 is 1.84 bits per heavy atom. The van der Waals surface area contributed by atoms with Crippen LogP contribution in [0.2, 0.25) is 10.0 Å². The van der Waals surface area contributed by atoms with Crippen molar-refractivity contribution >= 4 is 39.1 Å². The zero-order chi connectivity index (χ0) is 13.5. The standard InChI is InChI=1S/C15H17BrCl2O/c16-13-9-14(15(13)6-2-1-3-7-15)19-10-4-5-11(17)12(18)8-10/h4-5,8,13-14H,1-3,6-7,9H2. The molecule has 3 rings (SSSR count). The first kappa shape index (κ1) is 14.0. The van der Waals surface area contributed by atoms with Crippen LogP contribution in [0.15, 0.2) is 18.2 Å². The number of benzene rings is 1. The molecule has 19 heavy (non-hydrogen) atoms. The normalized spacial score (nSPS) is 29.0. The highest BCUT2D eigenvalue weighted by Gasteiger charge is 2.55. The van der Waals surface area contributed by atoms with E-state index in [9.17, 15) is 0 Å². The van der Waals surface area contributed by atoms with Gasteiger partial charge in [0.15, 0.2) is 0 Å². The highest BCUT2D eigenvalue weighted by atomic mass is 79.9. The Labute approximate surface area is 132 Å². The number of alkyl halides is 1. The minimum Gasteiger partial charge on any atom is -0.490 e. The van der Waals surface area contributed by atoms with Crippen molar-refractivity contribution in [3.8, 4) is 5.75 Å². The summed E-state index contributed by atoms with van der Waals surface area (Å²) in [6.07, 6.45) is 7.95. The van der Waals surface area contributed by atoms with Crippen molar-refractivity contribution < 1.29 is 4.74 Å². The molecule has 0 amide bonds. The van der Waals surface area contributed by atoms with Crippen LogP contribution >= 0.6 is 39.1 Å². The summed E-state index contributed by atoms with van der Waals surface area (Å²) in [5.74, 6) is 0.837. The molecule has 2 atom stereocenters. The maximum Gasteiger partial charge on any atom is 0.121 e. The fourth-order valence-electron chi connectivity index (χ4n) is 3.42. The number of hydrogen-bond donors (Lipinski definition) is 0. The minimum atomic E-state index is 0.314. The summed E-state index contributed by atoms with van der Waals surface area (Å²) in [5, 5.41) is 1.14. The second-order valence-electron chi connectivity index (χ2n) is 5.68. The van der Waals surface area contributed by atoms with E-state index in [1.54, 1.807) is 6.07 Å². The van der Waals surface area contributed by atoms with Crippen LogP contribution in [0.1, 0.15) is 38.5 Å². The Kier molecular flexibility index (Phi) is 4.03. The molecular weight excluding hydrogens is 347 g/mol. The molecule has 2 fully saturated rings. The average molecular weight is 364 g/mol. The summed E-state index contributed by atoms with van der Waals surface area (Å²) in [6.45, 7) is 0. The number of rotatable bonds is 2. The van der Waals surface area contributed by atoms with Crippen molar-refractivity contribution in [2.75, 3.05) is 0 Å². The van der Waals surface area contributed by atoms with Crippen molar-refractivity contribution in [3.63, 3.8) is 0 Å². The molecule has 0 radical (unpaired) electrons. The van der Waals surface area contributed by atoms with E-state index in [0.717, 1.165) is 12.2 Å². The van der Waals surface area contributed by atoms with Crippen LogP contribution in [-0.4, -0.2) is 10.9 Å². The van der Waals surface area contributed by atoms with E-state index < -0.39 is 0 Å². The highest BCUT2D eigenvalue weighted by molar-refractivity contribution is 9.09. The van der Waals surface area contributed by atoms with Crippen LogP contribution in [0.25, 0.3) is 0 Å². The van der Waals surface area contributed by atoms with Gasteiger partial charge >= 0.3 is 0 Å². The molecule has 4 heteroatoms. The van der Waals surface area contributed by atoms with Crippen molar-refractivity contribution in [2.45, 2.75) is 49.5 Å². The van der Waals surface area contributed by atoms with E-state index in [0.29, 0.717) is 26.4 Å². The molecule has 2 aliphatic carbocycles. The van der Waals surface area contributed by atoms with Crippen LogP contribution in [0.5, 0.6) is 5.75 Å². The van der Waals surface area contributed by atoms with Crippen LogP contribution in [0.3, 0.4) is 0 Å². The first-order valence-corrected chi connectivity index (χ1v) is 8.55. The van der Waals surface area contributed by atoms with E-state index in [-0.39, 0.29) is 0 Å². The fourth-order valence-corrected chi connectivity index (χ4v) is 4.80. The Balaban J connectivity index is 1.74. The highest BCUT2D eigenvalue weighted by Crippen LogP contribution is 2.56. The predicted octanol–water partition coefficient (Wildman–Crippen LogP) is 5.86. The molecular formula is C15H17BrCl2O. The molecule has 2 unspecified atom stereocenters. The monoisotopic (exact) mass is 362 g/mol. The van der Waals surface area contributed by atoms with E-state index in [1.165, 1.54) is 32.1 Å². The van der Waals surface area contributed by atoms with Gasteiger partial charge in [-0.1, -0.05) is 58.4 Å². The largest absolute Gasteiger partial charge is 0.490 e. The Hall–Kier alpha value is 0.0800. The van der Waals surface area contributed by atoms with Gasteiger partial charge in [-0.3, -0.25) is 0 Å². The van der Waals surface area contributed by atoms with Crippen LogP contribution in [-0.2, 0) is 0 Å². The zero-order valence-corrected chi connectivity index (χ0v) is 13.8. The van der Waals surface area contributed by atoms with Gasteiger partial charge in [0.2, 0.25) is 0 Å². The lowest BCUT2D eigenvalue weighted by atomic mass is 9.58. The predicted molar refractivity (Wildman–Crippen MR) is 83.7 cm³/mol. The van der Waals surface area contributed by atoms with Gasteiger partial charge in [-0.2, -0.15) is 0 Å². The van der Waals surface area contributed by atoms with Crippen LogP contribution in [0, 0.1) is 5.41 Å². The van der Waals surface area contributed by atoms with Crippen molar-refractivity contribution in [2.24, 2.45) is 5.41 Å². The molecule has 2 aliphatic rings. The van der Waals surface area contributed by atoms with Crippen LogP contribution in [0.4, 0.5) is 0 Å². The molecule has 0 saturated heterocycles. The van der Waals surface area contributed by atoms with Gasteiger partial charge in [-0.05, 0) is 31.4 Å². The molecule has 0 heterocycles. The summed E-state index contributed by atoms with van der Waals surface area (Å²) >= 11 is 15.8. The third-order valence-corrected chi connectivity index (χ3v) is 6.66. The summed E-state index contributed by atoms with van der Waals surface area (Å²) in [7, 11) is 0. The first-order valence-electron chi connectivity index (χ1n) is 6.87. The Bertz CT molecular complexity index is 471. The zero-order valence-electron chi connectivity index (χ0n) is 10.7. The number of hydrogen-bond acceptors (Lipinski definition) is 1. The second-order valence-corrected chi connectivity index (χ2v) is 7.60. The second kappa shape index (κ2) is 5.46. The van der Waals surface area contributed by atoms with E-state index in [1.807, 2.05) is 12.1 Å². The SMILES string of the molecule is Clc1ccc(OC2CC(Br)C23CCCCC3)cc1Cl. The number of halogens is 3. The molecule has 0 N–H and O–H groups in total. The minimum absolute atomic E-state index is 0.314. The van der Waals surface area contributed by atoms with Gasteiger partial charge < -0.3 is 4.74 Å². The quantitative estimate of drug-likeness (QED) is 0.598. The lowest BCUT2D eigenvalue weighted by Crippen LogP contribution is -2.57. The lowest BCUT2D eigenvalue weighted by Gasteiger charge is -2.55. The topological polar surface area (TPSA) is 9.23 Å². The van der Waals surface area contributed by atoms with E-state index >= 15 is 0 Å². The molecule has 0 bridgehead atoms. The van der Waals surface area contributed by atoms with Gasteiger partial charge in [0.1, 0.15) is 11.9 Å². The molecule has 0 aromatic heterocycles. The van der Waals surface area contributed by atoms with Crippen molar-refractivity contribution in [3.05, 3.63) is 28.2 Å². The maximum absolute atomic E-state index is 6.18. The summed E-state index contributed by atoms with van der Waals surface area (Å²) in [5.41, 5.74) is 0.338. The van der Waals surface area contributed by atoms with E-state index in [2.05, 4.69) is 15.9 Å². The van der Waals surface area contributed by atoms with Crippen molar-refractivity contribution in [1.29, 1.82) is 0 Å². The molecule has 104 valence electrons. The molecule has 1 aromatic rings. The maximum atomic E-state index is 6.18. The van der Waals surface area contributed by atoms with Gasteiger partial charge in [-0.25, -0.2) is 0 Å². The van der Waals surface area contributed by atoms with Gasteiger partial charge in [-0.15, -0.1) is 0 Å². The summed E-state index contributed by atoms with van der Waals surface area (Å²) < 4.78 is 6.18. The van der Waals surface area contributed by atoms with Gasteiger partial charge in [0.05, 0.1) is 10.0 Å². The van der Waals surface area contributed by atoms with Gasteiger partial charge in [0.25, 0.3) is 0 Å². The molecule has 1 aromatic carbocycles. The summed E-state index contributed by atoms with van der Waals surface area (Å²) in [6, 6.07) is 5.53. The van der Waals surface area contributed by atoms with Gasteiger partial charge in [0, 0.05) is 16.3 Å². The molecule has 1 nitrogen and oxygen atoms in total. The Morgan fingerprint density at radius 3 is 2.47 bits per heavy atom. The smallest absolute Gasteiger partial charge is 0.121 e. The Morgan fingerprint density at radius 1 is 1.11 bits per heavy atom. The van der Waals surface area contributed by atoms with E-state index in [4.69, 9.17) is 27.9 Å². The lowest BCUT2D eigenvalue weighted by molar-refractivity contribution is -0.0601.